The van der Waals surface area contributed by atoms with Crippen LogP contribution in [0.5, 0.6) is 5.75 Å². The number of Topliss-reactive ketones (excluding diaryl/α,β-unsaturated/α-hetero) is 1. The van der Waals surface area contributed by atoms with Crippen LogP contribution in [-0.4, -0.2) is 50.9 Å². The van der Waals surface area contributed by atoms with Gasteiger partial charge in [0.1, 0.15) is 5.75 Å². The molecule has 0 heterocycles. The summed E-state index contributed by atoms with van der Waals surface area (Å²) in [6.45, 7) is 1.68. The van der Waals surface area contributed by atoms with Gasteiger partial charge in [-0.1, -0.05) is 30.3 Å². The van der Waals surface area contributed by atoms with E-state index in [1.807, 2.05) is 30.3 Å². The Hall–Kier alpha value is -3.19. The molecule has 0 aromatic heterocycles. The fraction of sp³-hybridized carbons (Fsp3) is 0.318. The van der Waals surface area contributed by atoms with Gasteiger partial charge in [-0.2, -0.15) is 0 Å². The molecule has 0 saturated carbocycles. The minimum absolute atomic E-state index is 0.0919. The highest BCUT2D eigenvalue weighted by Crippen LogP contribution is 2.14. The van der Waals surface area contributed by atoms with Crippen LogP contribution >= 0.6 is 0 Å². The Labute approximate surface area is 171 Å². The molecule has 7 heteroatoms. The molecule has 0 aliphatic rings. The Morgan fingerprint density at radius 2 is 1.59 bits per heavy atom. The summed E-state index contributed by atoms with van der Waals surface area (Å²) in [5.74, 6) is 0.138. The van der Waals surface area contributed by atoms with Gasteiger partial charge < -0.3 is 20.3 Å². The van der Waals surface area contributed by atoms with Crippen molar-refractivity contribution in [3.05, 3.63) is 60.2 Å². The summed E-state index contributed by atoms with van der Waals surface area (Å²) in [4.78, 5) is 37.1. The molecule has 2 aromatic rings. The summed E-state index contributed by atoms with van der Waals surface area (Å²) in [5.41, 5.74) is 1.64. The van der Waals surface area contributed by atoms with Gasteiger partial charge in [-0.15, -0.1) is 0 Å². The third-order valence-electron chi connectivity index (χ3n) is 4.41. The van der Waals surface area contributed by atoms with Crippen LogP contribution in [0, 0.1) is 0 Å². The van der Waals surface area contributed by atoms with Crippen molar-refractivity contribution >= 4 is 23.3 Å². The van der Waals surface area contributed by atoms with Crippen molar-refractivity contribution in [3.8, 4) is 5.75 Å². The predicted octanol–water partition coefficient (Wildman–Crippen LogP) is 0.465. The summed E-state index contributed by atoms with van der Waals surface area (Å²) in [7, 11) is 3.33. The van der Waals surface area contributed by atoms with Crippen molar-refractivity contribution in [1.29, 1.82) is 0 Å². The summed E-state index contributed by atoms with van der Waals surface area (Å²) in [5, 5.41) is 5.56. The number of ether oxygens (including phenoxy) is 1. The second-order valence-electron chi connectivity index (χ2n) is 7.01. The molecule has 3 N–H and O–H groups in total. The van der Waals surface area contributed by atoms with Crippen LogP contribution in [0.2, 0.25) is 0 Å². The molecule has 2 rings (SSSR count). The Morgan fingerprint density at radius 3 is 2.17 bits per heavy atom. The van der Waals surface area contributed by atoms with E-state index in [9.17, 15) is 14.4 Å². The van der Waals surface area contributed by atoms with Gasteiger partial charge in [-0.25, -0.2) is 0 Å². The highest BCUT2D eigenvalue weighted by atomic mass is 16.5. The largest absolute Gasteiger partial charge is 0.497 e. The van der Waals surface area contributed by atoms with Crippen molar-refractivity contribution in [1.82, 2.24) is 5.32 Å². The van der Waals surface area contributed by atoms with E-state index < -0.39 is 6.04 Å². The number of quaternary nitrogens is 1. The zero-order valence-electron chi connectivity index (χ0n) is 17.0. The van der Waals surface area contributed by atoms with E-state index in [1.165, 1.54) is 6.92 Å². The molecule has 2 atom stereocenters. The predicted molar refractivity (Wildman–Crippen MR) is 111 cm³/mol. The second kappa shape index (κ2) is 11.0. The summed E-state index contributed by atoms with van der Waals surface area (Å²) < 4.78 is 5.08. The molecule has 0 saturated heterocycles. The monoisotopic (exact) mass is 398 g/mol. The summed E-state index contributed by atoms with van der Waals surface area (Å²) >= 11 is 0. The van der Waals surface area contributed by atoms with Crippen LogP contribution in [0.4, 0.5) is 5.69 Å². The van der Waals surface area contributed by atoms with Crippen LogP contribution in [0.1, 0.15) is 12.5 Å². The molecule has 29 heavy (non-hydrogen) atoms. The zero-order chi connectivity index (χ0) is 21.2. The number of rotatable bonds is 10. The maximum Gasteiger partial charge on any atom is 0.279 e. The first-order chi connectivity index (χ1) is 13.9. The molecule has 0 bridgehead atoms. The first-order valence-electron chi connectivity index (χ1n) is 9.46. The van der Waals surface area contributed by atoms with Gasteiger partial charge in [0.05, 0.1) is 20.2 Å². The van der Waals surface area contributed by atoms with Gasteiger partial charge in [-0.05, 0) is 43.2 Å². The van der Waals surface area contributed by atoms with Gasteiger partial charge in [0.2, 0.25) is 0 Å². The van der Waals surface area contributed by atoms with E-state index in [1.54, 1.807) is 38.4 Å². The number of nitrogens with one attached hydrogen (secondary N) is 3. The Kier molecular flexibility index (Phi) is 8.36. The lowest BCUT2D eigenvalue weighted by Gasteiger charge is -2.18. The number of methoxy groups -OCH3 is 1. The van der Waals surface area contributed by atoms with Gasteiger partial charge in [0.15, 0.2) is 18.9 Å². The number of amides is 2. The SMILES string of the molecule is COc1ccc(NC(=O)C[NH+](C)CC(=O)N[C@H](Cc2ccccc2)C(C)=O)cc1. The van der Waals surface area contributed by atoms with Crippen LogP contribution in [0.15, 0.2) is 54.6 Å². The Morgan fingerprint density at radius 1 is 0.966 bits per heavy atom. The number of hydrogen-bond donors (Lipinski definition) is 3. The van der Waals surface area contributed by atoms with Crippen molar-refractivity contribution in [2.75, 3.05) is 32.6 Å². The van der Waals surface area contributed by atoms with Crippen molar-refractivity contribution in [3.63, 3.8) is 0 Å². The Bertz CT molecular complexity index is 822. The molecular weight excluding hydrogens is 370 g/mol. The molecule has 0 spiro atoms. The average molecular weight is 398 g/mol. The van der Waals surface area contributed by atoms with Crippen molar-refractivity contribution in [2.45, 2.75) is 19.4 Å². The van der Waals surface area contributed by atoms with Crippen molar-refractivity contribution < 1.29 is 24.0 Å². The molecule has 0 aliphatic carbocycles. The lowest BCUT2D eigenvalue weighted by Crippen LogP contribution is -3.11. The topological polar surface area (TPSA) is 88.9 Å². The molecule has 7 nitrogen and oxygen atoms in total. The molecule has 1 unspecified atom stereocenters. The first-order valence-corrected chi connectivity index (χ1v) is 9.46. The van der Waals surface area contributed by atoms with Gasteiger partial charge in [0, 0.05) is 5.69 Å². The second-order valence-corrected chi connectivity index (χ2v) is 7.01. The lowest BCUT2D eigenvalue weighted by molar-refractivity contribution is -0.862. The van der Waals surface area contributed by atoms with Crippen LogP contribution in [0.3, 0.4) is 0 Å². The standard InChI is InChI=1S/C22H27N3O4/c1-16(26)20(13-17-7-5-4-6-8-17)24-22(28)15-25(2)14-21(27)23-18-9-11-19(29-3)12-10-18/h4-12,20H,13-15H2,1-3H3,(H,23,27)(H,24,28)/p+1/t20-/m1/s1. The third-order valence-corrected chi connectivity index (χ3v) is 4.41. The molecule has 0 aliphatic heterocycles. The van der Waals surface area contributed by atoms with Gasteiger partial charge in [0.25, 0.3) is 11.8 Å². The van der Waals surface area contributed by atoms with Crippen molar-refractivity contribution in [2.24, 2.45) is 0 Å². The molecule has 0 fully saturated rings. The van der Waals surface area contributed by atoms with Crippen LogP contribution < -0.4 is 20.3 Å². The number of likely N-dealkylation sites (N-methyl/N-ethyl adjacent to an activating group) is 1. The minimum atomic E-state index is -0.578. The highest BCUT2D eigenvalue weighted by molar-refractivity contribution is 5.92. The van der Waals surface area contributed by atoms with E-state index >= 15 is 0 Å². The highest BCUT2D eigenvalue weighted by Gasteiger charge is 2.20. The summed E-state index contributed by atoms with van der Waals surface area (Å²) in [6, 6.07) is 16.0. The van der Waals surface area contributed by atoms with E-state index in [4.69, 9.17) is 4.74 Å². The fourth-order valence-corrected chi connectivity index (χ4v) is 2.88. The number of carbonyl (C=O) groups is 3. The van der Waals surface area contributed by atoms with Crippen LogP contribution in [-0.2, 0) is 20.8 Å². The summed E-state index contributed by atoms with van der Waals surface area (Å²) in [6.07, 6.45) is 0.443. The van der Waals surface area contributed by atoms with Crippen LogP contribution in [0.25, 0.3) is 0 Å². The number of carbonyl (C=O) groups excluding carboxylic acids is 3. The smallest absolute Gasteiger partial charge is 0.279 e. The maximum absolute atomic E-state index is 12.3. The first kappa shape index (κ1) is 22.1. The normalized spacial score (nSPS) is 12.5. The van der Waals surface area contributed by atoms with E-state index in [0.717, 1.165) is 10.5 Å². The molecular formula is C22H28N3O4+. The van der Waals surface area contributed by atoms with E-state index in [0.29, 0.717) is 17.9 Å². The molecule has 2 amide bonds. The molecule has 154 valence electrons. The quantitative estimate of drug-likeness (QED) is 0.543. The zero-order valence-corrected chi connectivity index (χ0v) is 17.0. The number of anilines is 1. The lowest BCUT2D eigenvalue weighted by atomic mass is 10.0. The minimum Gasteiger partial charge on any atom is -0.497 e. The van der Waals surface area contributed by atoms with Gasteiger partial charge >= 0.3 is 0 Å². The van der Waals surface area contributed by atoms with Gasteiger partial charge in [-0.3, -0.25) is 14.4 Å². The molecule has 0 radical (unpaired) electrons. The number of ketones is 1. The third kappa shape index (κ3) is 7.75. The molecule has 2 aromatic carbocycles. The number of hydrogen-bond acceptors (Lipinski definition) is 4. The Balaban J connectivity index is 1.81. The maximum atomic E-state index is 12.3. The fourth-order valence-electron chi connectivity index (χ4n) is 2.88. The van der Waals surface area contributed by atoms with E-state index in [2.05, 4.69) is 10.6 Å². The average Bonchev–Trinajstić information content (AvgIpc) is 2.68. The number of benzene rings is 2. The van der Waals surface area contributed by atoms with E-state index in [-0.39, 0.29) is 30.7 Å².